The SMILES string of the molecule is CCC(N[C@@H](C)C1CCCCC1)c1ccc(Br)cc1. The van der Waals surface area contributed by atoms with Crippen LogP contribution >= 0.6 is 15.9 Å². The Balaban J connectivity index is 1.96. The first-order valence-electron chi connectivity index (χ1n) is 7.72. The van der Waals surface area contributed by atoms with E-state index in [0.717, 1.165) is 16.8 Å². The van der Waals surface area contributed by atoms with Crippen LogP contribution in [-0.2, 0) is 0 Å². The minimum Gasteiger partial charge on any atom is -0.307 e. The topological polar surface area (TPSA) is 12.0 Å². The van der Waals surface area contributed by atoms with E-state index in [2.05, 4.69) is 59.4 Å². The van der Waals surface area contributed by atoms with E-state index in [1.807, 2.05) is 0 Å². The molecule has 0 aliphatic heterocycles. The van der Waals surface area contributed by atoms with Crippen molar-refractivity contribution < 1.29 is 0 Å². The molecule has 1 nitrogen and oxygen atoms in total. The van der Waals surface area contributed by atoms with Gasteiger partial charge in [0.25, 0.3) is 0 Å². The molecule has 1 aromatic rings. The Morgan fingerprint density at radius 3 is 2.37 bits per heavy atom. The van der Waals surface area contributed by atoms with Crippen molar-refractivity contribution in [1.82, 2.24) is 5.32 Å². The van der Waals surface area contributed by atoms with Gasteiger partial charge < -0.3 is 5.32 Å². The van der Waals surface area contributed by atoms with Crippen LogP contribution in [0, 0.1) is 5.92 Å². The van der Waals surface area contributed by atoms with E-state index in [0.29, 0.717) is 12.1 Å². The van der Waals surface area contributed by atoms with Crippen molar-refractivity contribution in [3.63, 3.8) is 0 Å². The average Bonchev–Trinajstić information content (AvgIpc) is 2.46. The molecule has 1 saturated carbocycles. The first-order chi connectivity index (χ1) is 9.20. The molecule has 2 heteroatoms. The summed E-state index contributed by atoms with van der Waals surface area (Å²) in [6, 6.07) is 9.88. The van der Waals surface area contributed by atoms with Crippen LogP contribution in [-0.4, -0.2) is 6.04 Å². The third-order valence-corrected chi connectivity index (χ3v) is 5.03. The van der Waals surface area contributed by atoms with Gasteiger partial charge in [-0.1, -0.05) is 54.2 Å². The van der Waals surface area contributed by atoms with Gasteiger partial charge in [0.15, 0.2) is 0 Å². The number of benzene rings is 1. The highest BCUT2D eigenvalue weighted by Crippen LogP contribution is 2.28. The van der Waals surface area contributed by atoms with Crippen molar-refractivity contribution in [2.75, 3.05) is 0 Å². The summed E-state index contributed by atoms with van der Waals surface area (Å²) >= 11 is 3.51. The van der Waals surface area contributed by atoms with Gasteiger partial charge in [0.05, 0.1) is 0 Å². The highest BCUT2D eigenvalue weighted by Gasteiger charge is 2.22. The lowest BCUT2D eigenvalue weighted by atomic mass is 9.84. The molecule has 0 radical (unpaired) electrons. The molecule has 0 amide bonds. The second kappa shape index (κ2) is 7.44. The summed E-state index contributed by atoms with van der Waals surface area (Å²) < 4.78 is 1.16. The van der Waals surface area contributed by atoms with E-state index < -0.39 is 0 Å². The molecule has 0 spiro atoms. The zero-order valence-corrected chi connectivity index (χ0v) is 13.7. The molecule has 1 aliphatic rings. The summed E-state index contributed by atoms with van der Waals surface area (Å²) in [6.07, 6.45) is 8.25. The van der Waals surface area contributed by atoms with E-state index in [-0.39, 0.29) is 0 Å². The summed E-state index contributed by atoms with van der Waals surface area (Å²) in [4.78, 5) is 0. The summed E-state index contributed by atoms with van der Waals surface area (Å²) in [5.41, 5.74) is 1.41. The lowest BCUT2D eigenvalue weighted by Gasteiger charge is -2.31. The molecule has 1 aliphatic carbocycles. The Hall–Kier alpha value is -0.340. The van der Waals surface area contributed by atoms with E-state index >= 15 is 0 Å². The Kier molecular flexibility index (Phi) is 5.90. The maximum atomic E-state index is 3.86. The fourth-order valence-electron chi connectivity index (χ4n) is 3.23. The molecule has 2 atom stereocenters. The van der Waals surface area contributed by atoms with Gasteiger partial charge in [-0.25, -0.2) is 0 Å². The smallest absolute Gasteiger partial charge is 0.0320 e. The largest absolute Gasteiger partial charge is 0.307 e. The molecule has 106 valence electrons. The van der Waals surface area contributed by atoms with Crippen molar-refractivity contribution in [3.05, 3.63) is 34.3 Å². The van der Waals surface area contributed by atoms with Crippen LogP contribution in [0.3, 0.4) is 0 Å². The molecule has 1 N–H and O–H groups in total. The summed E-state index contributed by atoms with van der Waals surface area (Å²) in [5.74, 6) is 0.873. The minimum absolute atomic E-state index is 0.491. The van der Waals surface area contributed by atoms with Gasteiger partial charge in [-0.3, -0.25) is 0 Å². The zero-order valence-electron chi connectivity index (χ0n) is 12.2. The molecule has 0 aromatic heterocycles. The third kappa shape index (κ3) is 4.32. The minimum atomic E-state index is 0.491. The van der Waals surface area contributed by atoms with Crippen molar-refractivity contribution in [1.29, 1.82) is 0 Å². The predicted octanol–water partition coefficient (Wildman–Crippen LogP) is 5.46. The third-order valence-electron chi connectivity index (χ3n) is 4.50. The molecule has 0 saturated heterocycles. The molecular formula is C17H26BrN. The molecule has 2 rings (SSSR count). The standard InChI is InChI=1S/C17H26BrN/c1-3-17(15-9-11-16(18)12-10-15)19-13(2)14-7-5-4-6-8-14/h9-14,17,19H,3-8H2,1-2H3/t13-,17?/m0/s1. The number of nitrogens with one attached hydrogen (secondary N) is 1. The van der Waals surface area contributed by atoms with Gasteiger partial charge in [0.2, 0.25) is 0 Å². The second-order valence-corrected chi connectivity index (χ2v) is 6.78. The van der Waals surface area contributed by atoms with Crippen LogP contribution < -0.4 is 5.32 Å². The lowest BCUT2D eigenvalue weighted by Crippen LogP contribution is -2.37. The monoisotopic (exact) mass is 323 g/mol. The number of hydrogen-bond acceptors (Lipinski definition) is 1. The van der Waals surface area contributed by atoms with E-state index in [1.54, 1.807) is 0 Å². The lowest BCUT2D eigenvalue weighted by molar-refractivity contribution is 0.262. The van der Waals surface area contributed by atoms with Gasteiger partial charge in [-0.05, 0) is 49.8 Å². The Morgan fingerprint density at radius 1 is 1.16 bits per heavy atom. The van der Waals surface area contributed by atoms with Crippen LogP contribution in [0.2, 0.25) is 0 Å². The average molecular weight is 324 g/mol. The van der Waals surface area contributed by atoms with Crippen LogP contribution in [0.15, 0.2) is 28.7 Å². The first kappa shape index (κ1) is 15.1. The van der Waals surface area contributed by atoms with Gasteiger partial charge in [-0.2, -0.15) is 0 Å². The van der Waals surface area contributed by atoms with Crippen molar-refractivity contribution >= 4 is 15.9 Å². The first-order valence-corrected chi connectivity index (χ1v) is 8.51. The number of hydrogen-bond donors (Lipinski definition) is 1. The Morgan fingerprint density at radius 2 is 1.79 bits per heavy atom. The van der Waals surface area contributed by atoms with Crippen LogP contribution in [0.5, 0.6) is 0 Å². The van der Waals surface area contributed by atoms with Crippen molar-refractivity contribution in [3.8, 4) is 0 Å². The summed E-state index contributed by atoms with van der Waals surface area (Å²) in [6.45, 7) is 4.64. The Labute approximate surface area is 126 Å². The van der Waals surface area contributed by atoms with Gasteiger partial charge in [0.1, 0.15) is 0 Å². The predicted molar refractivity (Wildman–Crippen MR) is 86.3 cm³/mol. The van der Waals surface area contributed by atoms with Crippen molar-refractivity contribution in [2.24, 2.45) is 5.92 Å². The summed E-state index contributed by atoms with van der Waals surface area (Å²) in [7, 11) is 0. The van der Waals surface area contributed by atoms with E-state index in [4.69, 9.17) is 0 Å². The molecule has 0 bridgehead atoms. The molecule has 1 aromatic carbocycles. The fourth-order valence-corrected chi connectivity index (χ4v) is 3.50. The number of rotatable bonds is 5. The molecule has 19 heavy (non-hydrogen) atoms. The second-order valence-electron chi connectivity index (χ2n) is 5.87. The normalized spacial score (nSPS) is 20.2. The van der Waals surface area contributed by atoms with Gasteiger partial charge in [-0.15, -0.1) is 0 Å². The molecular weight excluding hydrogens is 298 g/mol. The number of halogens is 1. The van der Waals surface area contributed by atoms with Crippen molar-refractivity contribution in [2.45, 2.75) is 64.5 Å². The van der Waals surface area contributed by atoms with E-state index in [1.165, 1.54) is 37.7 Å². The van der Waals surface area contributed by atoms with Crippen LogP contribution in [0.25, 0.3) is 0 Å². The Bertz CT molecular complexity index is 367. The van der Waals surface area contributed by atoms with Gasteiger partial charge in [0, 0.05) is 16.6 Å². The highest BCUT2D eigenvalue weighted by molar-refractivity contribution is 9.10. The molecule has 0 heterocycles. The molecule has 1 unspecified atom stereocenters. The zero-order chi connectivity index (χ0) is 13.7. The van der Waals surface area contributed by atoms with Crippen LogP contribution in [0.1, 0.15) is 64.0 Å². The quantitative estimate of drug-likeness (QED) is 0.758. The maximum Gasteiger partial charge on any atom is 0.0320 e. The maximum absolute atomic E-state index is 3.86. The summed E-state index contributed by atoms with van der Waals surface area (Å²) in [5, 5.41) is 3.86. The highest BCUT2D eigenvalue weighted by atomic mass is 79.9. The van der Waals surface area contributed by atoms with Crippen LogP contribution in [0.4, 0.5) is 0 Å². The fraction of sp³-hybridized carbons (Fsp3) is 0.647. The van der Waals surface area contributed by atoms with Gasteiger partial charge >= 0.3 is 0 Å². The molecule has 1 fully saturated rings. The van der Waals surface area contributed by atoms with E-state index in [9.17, 15) is 0 Å².